The zero-order chi connectivity index (χ0) is 12.4. The molecule has 0 amide bonds. The van der Waals surface area contributed by atoms with E-state index in [1.807, 2.05) is 26.0 Å². The third kappa shape index (κ3) is 2.15. The molecular formula is C12H11ClN4. The molecule has 17 heavy (non-hydrogen) atoms. The monoisotopic (exact) mass is 246 g/mol. The Hall–Kier alpha value is -1.86. The van der Waals surface area contributed by atoms with Crippen molar-refractivity contribution >= 4 is 11.6 Å². The molecule has 2 aromatic rings. The number of hydrogen-bond donors (Lipinski definition) is 0. The first-order valence-corrected chi connectivity index (χ1v) is 5.69. The Labute approximate surface area is 104 Å². The molecule has 0 unspecified atom stereocenters. The van der Waals surface area contributed by atoms with Gasteiger partial charge in [0.15, 0.2) is 0 Å². The number of aryl methyl sites for hydroxylation is 2. The van der Waals surface area contributed by atoms with Crippen molar-refractivity contribution in [3.8, 4) is 11.8 Å². The van der Waals surface area contributed by atoms with Gasteiger partial charge in [-0.25, -0.2) is 9.67 Å². The van der Waals surface area contributed by atoms with Crippen LogP contribution in [0.3, 0.4) is 0 Å². The Bertz CT molecular complexity index is 595. The van der Waals surface area contributed by atoms with Gasteiger partial charge in [0, 0.05) is 5.88 Å². The lowest BCUT2D eigenvalue weighted by atomic mass is 10.1. The lowest BCUT2D eigenvalue weighted by Crippen LogP contribution is -2.02. The van der Waals surface area contributed by atoms with E-state index < -0.39 is 0 Å². The second-order valence-electron chi connectivity index (χ2n) is 3.71. The third-order valence-corrected chi connectivity index (χ3v) is 2.75. The van der Waals surface area contributed by atoms with Crippen LogP contribution in [0.5, 0.6) is 0 Å². The molecule has 4 nitrogen and oxygen atoms in total. The van der Waals surface area contributed by atoms with Crippen molar-refractivity contribution in [3.05, 3.63) is 41.0 Å². The molecule has 0 spiro atoms. The molecular weight excluding hydrogens is 236 g/mol. The Morgan fingerprint density at radius 3 is 2.71 bits per heavy atom. The Morgan fingerprint density at radius 2 is 2.18 bits per heavy atom. The van der Waals surface area contributed by atoms with Crippen molar-refractivity contribution < 1.29 is 0 Å². The zero-order valence-electron chi connectivity index (χ0n) is 9.61. The number of hydrogen-bond acceptors (Lipinski definition) is 3. The molecule has 0 radical (unpaired) electrons. The van der Waals surface area contributed by atoms with Crippen LogP contribution in [-0.2, 0) is 5.88 Å². The number of benzene rings is 1. The topological polar surface area (TPSA) is 54.5 Å². The van der Waals surface area contributed by atoms with Crippen LogP contribution in [0.15, 0.2) is 18.2 Å². The molecule has 0 N–H and O–H groups in total. The van der Waals surface area contributed by atoms with E-state index in [4.69, 9.17) is 16.9 Å². The molecule has 0 saturated heterocycles. The second kappa shape index (κ2) is 4.56. The second-order valence-corrected chi connectivity index (χ2v) is 3.98. The van der Waals surface area contributed by atoms with Crippen LogP contribution < -0.4 is 0 Å². The summed E-state index contributed by atoms with van der Waals surface area (Å²) in [4.78, 5) is 4.22. The minimum Gasteiger partial charge on any atom is -0.217 e. The molecule has 0 saturated carbocycles. The molecule has 0 bridgehead atoms. The van der Waals surface area contributed by atoms with Gasteiger partial charge in [-0.1, -0.05) is 6.07 Å². The molecule has 2 rings (SSSR count). The van der Waals surface area contributed by atoms with E-state index in [-0.39, 0.29) is 0 Å². The minimum absolute atomic E-state index is 0.393. The molecule has 1 aromatic carbocycles. The molecule has 1 heterocycles. The van der Waals surface area contributed by atoms with Gasteiger partial charge in [-0.15, -0.1) is 11.6 Å². The quantitative estimate of drug-likeness (QED) is 0.765. The van der Waals surface area contributed by atoms with Crippen LogP contribution in [0.1, 0.15) is 22.8 Å². The maximum absolute atomic E-state index is 9.14. The van der Waals surface area contributed by atoms with E-state index in [1.165, 1.54) is 0 Å². The van der Waals surface area contributed by atoms with Gasteiger partial charge in [0.2, 0.25) is 0 Å². The average molecular weight is 247 g/mol. The van der Waals surface area contributed by atoms with Crippen LogP contribution in [0.4, 0.5) is 0 Å². The van der Waals surface area contributed by atoms with Gasteiger partial charge in [0.05, 0.1) is 11.3 Å². The Morgan fingerprint density at radius 1 is 1.41 bits per heavy atom. The van der Waals surface area contributed by atoms with Gasteiger partial charge >= 0.3 is 0 Å². The summed E-state index contributed by atoms with van der Waals surface area (Å²) < 4.78 is 1.67. The van der Waals surface area contributed by atoms with Crippen LogP contribution >= 0.6 is 11.6 Å². The van der Waals surface area contributed by atoms with Gasteiger partial charge in [0.1, 0.15) is 17.7 Å². The number of alkyl halides is 1. The van der Waals surface area contributed by atoms with Crippen LogP contribution in [0, 0.1) is 25.2 Å². The highest BCUT2D eigenvalue weighted by Crippen LogP contribution is 2.17. The van der Waals surface area contributed by atoms with Crippen LogP contribution in [0.2, 0.25) is 0 Å². The van der Waals surface area contributed by atoms with Crippen molar-refractivity contribution in [3.63, 3.8) is 0 Å². The highest BCUT2D eigenvalue weighted by Gasteiger charge is 2.10. The average Bonchev–Trinajstić information content (AvgIpc) is 2.67. The van der Waals surface area contributed by atoms with E-state index in [0.717, 1.165) is 17.1 Å². The van der Waals surface area contributed by atoms with Crippen molar-refractivity contribution in [2.75, 3.05) is 0 Å². The van der Waals surface area contributed by atoms with Crippen molar-refractivity contribution in [2.45, 2.75) is 19.7 Å². The predicted molar refractivity (Wildman–Crippen MR) is 65.1 cm³/mol. The van der Waals surface area contributed by atoms with E-state index in [1.54, 1.807) is 10.7 Å². The predicted octanol–water partition coefficient (Wildman–Crippen LogP) is 2.49. The number of nitrogens with zero attached hydrogens (tertiary/aromatic N) is 4. The summed E-state index contributed by atoms with van der Waals surface area (Å²) in [5, 5.41) is 13.4. The first kappa shape index (κ1) is 11.6. The summed E-state index contributed by atoms with van der Waals surface area (Å²) in [5.41, 5.74) is 2.21. The summed E-state index contributed by atoms with van der Waals surface area (Å²) >= 11 is 5.75. The third-order valence-electron chi connectivity index (χ3n) is 2.44. The largest absolute Gasteiger partial charge is 0.217 e. The molecule has 0 aliphatic heterocycles. The zero-order valence-corrected chi connectivity index (χ0v) is 10.4. The van der Waals surface area contributed by atoms with Crippen molar-refractivity contribution in [1.82, 2.24) is 14.8 Å². The molecule has 0 aliphatic rings. The molecule has 0 fully saturated rings. The first-order chi connectivity index (χ1) is 8.15. The van der Waals surface area contributed by atoms with Gasteiger partial charge in [-0.2, -0.15) is 10.4 Å². The maximum atomic E-state index is 9.14. The minimum atomic E-state index is 0.393. The first-order valence-electron chi connectivity index (χ1n) is 5.15. The van der Waals surface area contributed by atoms with E-state index in [0.29, 0.717) is 17.3 Å². The lowest BCUT2D eigenvalue weighted by Gasteiger charge is -2.06. The van der Waals surface area contributed by atoms with E-state index in [2.05, 4.69) is 16.2 Å². The number of aromatic nitrogens is 3. The van der Waals surface area contributed by atoms with Gasteiger partial charge < -0.3 is 0 Å². The van der Waals surface area contributed by atoms with E-state index in [9.17, 15) is 0 Å². The number of rotatable bonds is 2. The molecule has 0 aliphatic carbocycles. The standard InChI is InChI=1S/C12H11ClN4/c1-8-15-9(2)17(16-8)12-4-3-10(6-13)5-11(12)7-14/h3-5H,6H2,1-2H3. The highest BCUT2D eigenvalue weighted by molar-refractivity contribution is 6.17. The van der Waals surface area contributed by atoms with Crippen LogP contribution in [-0.4, -0.2) is 14.8 Å². The molecule has 86 valence electrons. The van der Waals surface area contributed by atoms with Crippen LogP contribution in [0.25, 0.3) is 5.69 Å². The van der Waals surface area contributed by atoms with Gasteiger partial charge in [0.25, 0.3) is 0 Å². The Kier molecular flexibility index (Phi) is 3.12. The summed E-state index contributed by atoms with van der Waals surface area (Å²) in [5.74, 6) is 1.84. The van der Waals surface area contributed by atoms with Crippen molar-refractivity contribution in [1.29, 1.82) is 5.26 Å². The molecule has 1 aromatic heterocycles. The summed E-state index contributed by atoms with van der Waals surface area (Å²) in [6, 6.07) is 7.67. The summed E-state index contributed by atoms with van der Waals surface area (Å²) in [7, 11) is 0. The fourth-order valence-corrected chi connectivity index (χ4v) is 1.86. The SMILES string of the molecule is Cc1nc(C)n(-c2ccc(CCl)cc2C#N)n1. The fourth-order valence-electron chi connectivity index (χ4n) is 1.69. The molecule has 5 heteroatoms. The smallest absolute Gasteiger partial charge is 0.148 e. The van der Waals surface area contributed by atoms with Gasteiger partial charge in [-0.3, -0.25) is 0 Å². The summed E-state index contributed by atoms with van der Waals surface area (Å²) in [6.45, 7) is 3.68. The molecule has 0 atom stereocenters. The van der Waals surface area contributed by atoms with Gasteiger partial charge in [-0.05, 0) is 31.5 Å². The maximum Gasteiger partial charge on any atom is 0.148 e. The number of nitriles is 1. The highest BCUT2D eigenvalue weighted by atomic mass is 35.5. The summed E-state index contributed by atoms with van der Waals surface area (Å²) in [6.07, 6.45) is 0. The number of halogens is 1. The fraction of sp³-hybridized carbons (Fsp3) is 0.250. The lowest BCUT2D eigenvalue weighted by molar-refractivity contribution is 0.828. The van der Waals surface area contributed by atoms with E-state index >= 15 is 0 Å². The normalized spacial score (nSPS) is 10.2. The Balaban J connectivity index is 2.60. The van der Waals surface area contributed by atoms with Crippen molar-refractivity contribution in [2.24, 2.45) is 0 Å².